The van der Waals surface area contributed by atoms with Crippen LogP contribution in [0.1, 0.15) is 255 Å². The first kappa shape index (κ1) is 76.6. The monoisotopic (exact) mass is 1430 g/mol. The highest BCUT2D eigenvalue weighted by Gasteiger charge is 2.54. The minimum Gasteiger partial charge on any atom is -0.392 e. The summed E-state index contributed by atoms with van der Waals surface area (Å²) in [7, 11) is 0. The van der Waals surface area contributed by atoms with E-state index in [0.29, 0.717) is 81.5 Å². The number of rotatable bonds is 12. The number of ether oxygens (including phenoxy) is 1. The zero-order valence-corrected chi connectivity index (χ0v) is 65.6. The van der Waals surface area contributed by atoms with Crippen LogP contribution in [0.4, 0.5) is 34.1 Å². The second-order valence-corrected chi connectivity index (χ2v) is 35.5. The van der Waals surface area contributed by atoms with E-state index >= 15 is 0 Å². The third-order valence-electron chi connectivity index (χ3n) is 25.3. The molecular formula is C87H127N13O5. The van der Waals surface area contributed by atoms with Gasteiger partial charge in [-0.15, -0.1) is 0 Å². The van der Waals surface area contributed by atoms with Crippen molar-refractivity contribution >= 4 is 34.1 Å². The molecule has 4 aliphatic carbocycles. The van der Waals surface area contributed by atoms with E-state index in [-0.39, 0.29) is 24.4 Å². The predicted octanol–water partition coefficient (Wildman–Crippen LogP) is 14.7. The van der Waals surface area contributed by atoms with E-state index in [9.17, 15) is 20.4 Å². The Labute approximate surface area is 628 Å². The number of aliphatic hydroxyl groups excluding tert-OH is 4. The van der Waals surface area contributed by atoms with Gasteiger partial charge in [-0.05, 0) is 211 Å². The number of nitrogens with zero attached hydrogens (tertiary/aromatic N) is 12. The number of hydrogen-bond donors (Lipinski definition) is 5. The fourth-order valence-electron chi connectivity index (χ4n) is 17.7. The number of pyridine rings is 6. The molecule has 7 atom stereocenters. The zero-order chi connectivity index (χ0) is 74.0. The quantitative estimate of drug-likeness (QED) is 0.0774. The Hall–Kier alpha value is -6.54. The molecule has 5 unspecified atom stereocenters. The summed E-state index contributed by atoms with van der Waals surface area (Å²) in [5.74, 6) is 3.86. The molecule has 4 bridgehead atoms. The Morgan fingerprint density at radius 2 is 0.610 bits per heavy atom. The molecule has 14 heterocycles. The standard InChI is InChI=1S/4C15H22N2O.C14H21N3.C13H18N2O/c1-10(2)14-6-5-13(7-16-14)17-8-11-3-4-12(9-17)15(11)18;3*1-11(2)14-4-3-12(9-16-14)17-10-13(18)5-6-15(17)7-8-15;1-10(2)14-6-5-13(7-15-14)17-8-11-3-4-12(9-17)16-11;1-10(2)12-4-3-11(5-14-12)15-6-13(7-15)8-16-9-13/h5-7,10-12,15,18H,3-4,8-9H2,1-2H3;3*3-4,9,11,13,18H,5-8,10H2,1-2H3;5-7,10-12,16H,3-4,8-9H2,1-2H3;3-5,10H,6-9H2,1-2H3/t;2*13-;;;/m.10.../s1. The molecule has 105 heavy (non-hydrogen) atoms. The molecule has 12 fully saturated rings. The lowest BCUT2D eigenvalue weighted by Crippen LogP contribution is -2.66. The number of anilines is 6. The molecule has 4 saturated carbocycles. The topological polar surface area (TPSA) is 199 Å². The van der Waals surface area contributed by atoms with Crippen molar-refractivity contribution in [2.24, 2.45) is 17.3 Å². The summed E-state index contributed by atoms with van der Waals surface area (Å²) in [6.45, 7) is 36.7. The maximum atomic E-state index is 10.0. The van der Waals surface area contributed by atoms with Crippen LogP contribution in [-0.2, 0) is 4.74 Å². The molecule has 8 aliphatic heterocycles. The van der Waals surface area contributed by atoms with Crippen molar-refractivity contribution < 1.29 is 25.2 Å². The number of nitrogens with one attached hydrogen (secondary N) is 1. The van der Waals surface area contributed by atoms with Crippen molar-refractivity contribution in [3.8, 4) is 0 Å². The van der Waals surface area contributed by atoms with E-state index in [1.54, 1.807) is 0 Å². The molecule has 0 aromatic carbocycles. The third kappa shape index (κ3) is 18.3. The normalized spacial score (nSPS) is 26.5. The van der Waals surface area contributed by atoms with Gasteiger partial charge in [0.25, 0.3) is 0 Å². The van der Waals surface area contributed by atoms with Crippen molar-refractivity contribution in [2.45, 2.75) is 274 Å². The van der Waals surface area contributed by atoms with Gasteiger partial charge in [-0.1, -0.05) is 83.1 Å². The number of piperidine rings is 4. The highest BCUT2D eigenvalue weighted by Crippen LogP contribution is 2.53. The second kappa shape index (κ2) is 32.7. The van der Waals surface area contributed by atoms with Crippen LogP contribution in [0.25, 0.3) is 0 Å². The van der Waals surface area contributed by atoms with Crippen LogP contribution in [0.2, 0.25) is 0 Å². The highest BCUT2D eigenvalue weighted by atomic mass is 16.5. The van der Waals surface area contributed by atoms with Crippen LogP contribution in [0.5, 0.6) is 0 Å². The summed E-state index contributed by atoms with van der Waals surface area (Å²) < 4.78 is 5.27. The molecule has 12 aliphatic rings. The molecule has 18 rings (SSSR count). The van der Waals surface area contributed by atoms with Crippen LogP contribution in [0, 0.1) is 17.3 Å². The summed E-state index contributed by atoms with van der Waals surface area (Å²) >= 11 is 0. The number of aliphatic hydroxyl groups is 4. The van der Waals surface area contributed by atoms with Crippen molar-refractivity contribution in [1.82, 2.24) is 35.2 Å². The summed E-state index contributed by atoms with van der Waals surface area (Å²) in [6.07, 6.45) is 30.2. The van der Waals surface area contributed by atoms with E-state index < -0.39 is 0 Å². The van der Waals surface area contributed by atoms with E-state index in [0.717, 1.165) is 133 Å². The molecule has 0 amide bonds. The SMILES string of the molecule is CC(C)c1ccc(N2CC(O)CCC23CC3)cn1.CC(C)c1ccc(N2CC3(COC3)C2)cn1.CC(C)c1ccc(N2CC3CCC(C2)C3O)cn1.CC(C)c1ccc(N2CC3CCC(C2)N3)cn1.CC(C)c1ccc(N2C[C@@H](O)CCC23CC3)cn1.CC(C)c1ccc(N2C[C@H](O)CCC23CC3)cn1. The molecular weight excluding hydrogens is 1310 g/mol. The number of hydrogen-bond acceptors (Lipinski definition) is 18. The predicted molar refractivity (Wildman–Crippen MR) is 426 cm³/mol. The van der Waals surface area contributed by atoms with E-state index in [2.05, 4.69) is 221 Å². The molecule has 18 heteroatoms. The number of piperazine rings is 1. The van der Waals surface area contributed by atoms with Crippen molar-refractivity contribution in [3.05, 3.63) is 144 Å². The van der Waals surface area contributed by atoms with Crippen LogP contribution in [0.3, 0.4) is 0 Å². The first-order valence-electron chi connectivity index (χ1n) is 40.8. The largest absolute Gasteiger partial charge is 0.392 e. The van der Waals surface area contributed by atoms with Gasteiger partial charge in [-0.3, -0.25) is 29.9 Å². The molecule has 6 aromatic heterocycles. The first-order valence-corrected chi connectivity index (χ1v) is 40.8. The van der Waals surface area contributed by atoms with Crippen molar-refractivity contribution in [1.29, 1.82) is 0 Å². The lowest BCUT2D eigenvalue weighted by Gasteiger charge is -2.55. The van der Waals surface area contributed by atoms with Gasteiger partial charge in [0, 0.05) is 134 Å². The zero-order valence-electron chi connectivity index (χ0n) is 65.6. The number of fused-ring (bicyclic) bond motifs is 4. The maximum absolute atomic E-state index is 10.0. The van der Waals surface area contributed by atoms with Gasteiger partial charge in [0.2, 0.25) is 0 Å². The summed E-state index contributed by atoms with van der Waals surface area (Å²) in [6, 6.07) is 27.3. The molecule has 18 nitrogen and oxygen atoms in total. The lowest BCUT2D eigenvalue weighted by atomic mass is 9.78. The summed E-state index contributed by atoms with van der Waals surface area (Å²) in [5, 5.41) is 43.4. The molecule has 8 saturated heterocycles. The van der Waals surface area contributed by atoms with E-state index in [4.69, 9.17) is 4.74 Å². The minimum atomic E-state index is -0.180. The molecule has 6 aromatic rings. The van der Waals surface area contributed by atoms with E-state index in [1.807, 2.05) is 37.2 Å². The summed E-state index contributed by atoms with van der Waals surface area (Å²) in [5.41, 5.74) is 15.7. The third-order valence-corrected chi connectivity index (χ3v) is 25.3. The molecule has 5 N–H and O–H groups in total. The second-order valence-electron chi connectivity index (χ2n) is 35.5. The van der Waals surface area contributed by atoms with Gasteiger partial charge in [-0.2, -0.15) is 0 Å². The van der Waals surface area contributed by atoms with Crippen molar-refractivity contribution in [2.75, 3.05) is 102 Å². The first-order chi connectivity index (χ1) is 50.4. The van der Waals surface area contributed by atoms with Gasteiger partial charge in [0.05, 0.1) is 114 Å². The van der Waals surface area contributed by atoms with Gasteiger partial charge in [0.15, 0.2) is 0 Å². The van der Waals surface area contributed by atoms with Gasteiger partial charge in [0.1, 0.15) is 0 Å². The van der Waals surface area contributed by atoms with Crippen LogP contribution < -0.4 is 34.7 Å². The number of β-amino-alcohol motifs (C(OH)–C–C–N with tert-alkyl or cyclic N) is 3. The Morgan fingerprint density at radius 1 is 0.333 bits per heavy atom. The fourth-order valence-corrected chi connectivity index (χ4v) is 17.7. The highest BCUT2D eigenvalue weighted by molar-refractivity contribution is 5.55. The van der Waals surface area contributed by atoms with Crippen LogP contribution in [-0.4, -0.2) is 176 Å². The molecule has 570 valence electrons. The fraction of sp³-hybridized carbons (Fsp3) is 0.655. The number of aromatic nitrogens is 6. The average molecular weight is 1440 g/mol. The smallest absolute Gasteiger partial charge is 0.0716 e. The Morgan fingerprint density at radius 3 is 0.857 bits per heavy atom. The maximum Gasteiger partial charge on any atom is 0.0716 e. The molecule has 0 radical (unpaired) electrons. The van der Waals surface area contributed by atoms with E-state index in [1.165, 1.54) is 110 Å². The van der Waals surface area contributed by atoms with Gasteiger partial charge < -0.3 is 59.9 Å². The minimum absolute atomic E-state index is 0.0656. The lowest BCUT2D eigenvalue weighted by molar-refractivity contribution is -0.127. The Bertz CT molecular complexity index is 3480. The Balaban J connectivity index is 0.000000112. The van der Waals surface area contributed by atoms with Crippen molar-refractivity contribution in [3.63, 3.8) is 0 Å². The Kier molecular flexibility index (Phi) is 23.9. The van der Waals surface area contributed by atoms with Gasteiger partial charge >= 0.3 is 0 Å². The van der Waals surface area contributed by atoms with Crippen LogP contribution in [0.15, 0.2) is 110 Å². The van der Waals surface area contributed by atoms with Crippen LogP contribution >= 0.6 is 0 Å². The average Bonchev–Trinajstić information content (AvgIpc) is 1.74. The molecule has 4 spiro atoms. The summed E-state index contributed by atoms with van der Waals surface area (Å²) in [4.78, 5) is 41.7. The van der Waals surface area contributed by atoms with Gasteiger partial charge in [-0.25, -0.2) is 0 Å².